The summed E-state index contributed by atoms with van der Waals surface area (Å²) in [6.45, 7) is 1.95. The van der Waals surface area contributed by atoms with E-state index in [1.165, 1.54) is 0 Å². The van der Waals surface area contributed by atoms with Gasteiger partial charge in [-0.1, -0.05) is 0 Å². The van der Waals surface area contributed by atoms with E-state index in [0.717, 1.165) is 5.56 Å². The van der Waals surface area contributed by atoms with E-state index in [1.807, 2.05) is 13.0 Å². The van der Waals surface area contributed by atoms with Crippen molar-refractivity contribution in [2.24, 2.45) is 0 Å². The fraction of sp³-hybridized carbons (Fsp3) is 0.100. The molecule has 0 amide bonds. The summed E-state index contributed by atoms with van der Waals surface area (Å²) in [6.07, 6.45) is 6.65. The first-order valence-electron chi connectivity index (χ1n) is 4.26. The van der Waals surface area contributed by atoms with E-state index >= 15 is 0 Å². The Hall–Kier alpha value is -1.97. The van der Waals surface area contributed by atoms with Crippen molar-refractivity contribution < 1.29 is 0 Å². The highest BCUT2D eigenvalue weighted by molar-refractivity contribution is 5.69. The lowest BCUT2D eigenvalue weighted by Crippen LogP contribution is -1.96. The predicted molar refractivity (Wildman–Crippen MR) is 54.4 cm³/mol. The quantitative estimate of drug-likeness (QED) is 0.731. The second-order valence-corrected chi connectivity index (χ2v) is 3.04. The third-order valence-corrected chi connectivity index (χ3v) is 1.86. The van der Waals surface area contributed by atoms with Crippen molar-refractivity contribution in [1.82, 2.24) is 15.0 Å². The van der Waals surface area contributed by atoms with E-state index in [-0.39, 0.29) is 0 Å². The topological polar surface area (TPSA) is 64.7 Å². The maximum atomic E-state index is 5.82. The van der Waals surface area contributed by atoms with Crippen molar-refractivity contribution in [3.8, 4) is 11.4 Å². The smallest absolute Gasteiger partial charge is 0.113 e. The Labute approximate surface area is 81.9 Å². The Kier molecular flexibility index (Phi) is 2.10. The molecule has 0 atom stereocenters. The molecule has 0 fully saturated rings. The van der Waals surface area contributed by atoms with Crippen LogP contribution >= 0.6 is 0 Å². The van der Waals surface area contributed by atoms with Gasteiger partial charge in [-0.25, -0.2) is 0 Å². The van der Waals surface area contributed by atoms with Gasteiger partial charge in [-0.3, -0.25) is 15.0 Å². The molecule has 2 N–H and O–H groups in total. The Morgan fingerprint density at radius 3 is 2.64 bits per heavy atom. The Morgan fingerprint density at radius 2 is 2.00 bits per heavy atom. The van der Waals surface area contributed by atoms with Crippen LogP contribution < -0.4 is 5.73 Å². The number of pyridine rings is 1. The van der Waals surface area contributed by atoms with E-state index in [1.54, 1.807) is 24.8 Å². The molecule has 0 aliphatic carbocycles. The lowest BCUT2D eigenvalue weighted by atomic mass is 10.2. The number of nitrogens with two attached hydrogens (primary N) is 1. The Balaban J connectivity index is 2.53. The second-order valence-electron chi connectivity index (χ2n) is 3.04. The van der Waals surface area contributed by atoms with Crippen LogP contribution in [0.25, 0.3) is 11.4 Å². The van der Waals surface area contributed by atoms with Gasteiger partial charge in [-0.15, -0.1) is 0 Å². The Bertz CT molecular complexity index is 439. The van der Waals surface area contributed by atoms with Crippen molar-refractivity contribution in [3.63, 3.8) is 0 Å². The Morgan fingerprint density at radius 1 is 1.14 bits per heavy atom. The summed E-state index contributed by atoms with van der Waals surface area (Å²) in [5.74, 6) is 0. The normalized spacial score (nSPS) is 10.1. The second kappa shape index (κ2) is 3.41. The molecule has 0 unspecified atom stereocenters. The molecule has 0 saturated heterocycles. The molecule has 0 saturated carbocycles. The number of anilines is 1. The monoisotopic (exact) mass is 186 g/mol. The van der Waals surface area contributed by atoms with Crippen LogP contribution in [0, 0.1) is 6.92 Å². The highest BCUT2D eigenvalue weighted by Gasteiger charge is 2.04. The van der Waals surface area contributed by atoms with Crippen molar-refractivity contribution in [2.45, 2.75) is 6.92 Å². The number of rotatable bonds is 1. The molecule has 0 aliphatic rings. The van der Waals surface area contributed by atoms with Crippen LogP contribution in [-0.4, -0.2) is 15.0 Å². The van der Waals surface area contributed by atoms with Crippen molar-refractivity contribution >= 4 is 5.69 Å². The van der Waals surface area contributed by atoms with Gasteiger partial charge >= 0.3 is 0 Å². The minimum absolute atomic E-state index is 0.630. The molecule has 2 heterocycles. The van der Waals surface area contributed by atoms with Crippen LogP contribution in [0.4, 0.5) is 5.69 Å². The summed E-state index contributed by atoms with van der Waals surface area (Å²) < 4.78 is 0. The molecule has 0 radical (unpaired) electrons. The molecule has 2 aromatic heterocycles. The number of hydrogen-bond donors (Lipinski definition) is 1. The lowest BCUT2D eigenvalue weighted by molar-refractivity contribution is 1.17. The molecule has 0 aliphatic heterocycles. The zero-order chi connectivity index (χ0) is 9.97. The van der Waals surface area contributed by atoms with Crippen LogP contribution in [0.15, 0.2) is 30.9 Å². The summed E-state index contributed by atoms with van der Waals surface area (Å²) in [5, 5.41) is 0. The van der Waals surface area contributed by atoms with Gasteiger partial charge < -0.3 is 5.73 Å². The lowest BCUT2D eigenvalue weighted by Gasteiger charge is -2.03. The molecule has 0 aromatic carbocycles. The fourth-order valence-electron chi connectivity index (χ4n) is 1.23. The molecule has 2 rings (SSSR count). The van der Waals surface area contributed by atoms with Gasteiger partial charge in [-0.2, -0.15) is 0 Å². The number of hydrogen-bond acceptors (Lipinski definition) is 4. The third-order valence-electron chi connectivity index (χ3n) is 1.86. The summed E-state index contributed by atoms with van der Waals surface area (Å²) >= 11 is 0. The summed E-state index contributed by atoms with van der Waals surface area (Å²) in [4.78, 5) is 12.3. The van der Waals surface area contributed by atoms with E-state index in [2.05, 4.69) is 15.0 Å². The van der Waals surface area contributed by atoms with Crippen molar-refractivity contribution in [3.05, 3.63) is 36.4 Å². The molecular formula is C10H10N4. The third kappa shape index (κ3) is 1.54. The first kappa shape index (κ1) is 8.62. The van der Waals surface area contributed by atoms with E-state index in [9.17, 15) is 0 Å². The highest BCUT2D eigenvalue weighted by atomic mass is 14.8. The van der Waals surface area contributed by atoms with Crippen molar-refractivity contribution in [1.29, 1.82) is 0 Å². The molecular weight excluding hydrogens is 176 g/mol. The van der Waals surface area contributed by atoms with E-state index in [0.29, 0.717) is 17.1 Å². The first-order valence-corrected chi connectivity index (χ1v) is 4.26. The molecule has 0 spiro atoms. The number of aryl methyl sites for hydroxylation is 1. The molecule has 14 heavy (non-hydrogen) atoms. The summed E-state index contributed by atoms with van der Waals surface area (Å²) in [7, 11) is 0. The van der Waals surface area contributed by atoms with Gasteiger partial charge in [0.1, 0.15) is 11.4 Å². The summed E-state index contributed by atoms with van der Waals surface area (Å²) in [6, 6.07) is 1.87. The molecule has 4 nitrogen and oxygen atoms in total. The van der Waals surface area contributed by atoms with Crippen LogP contribution in [-0.2, 0) is 0 Å². The minimum Gasteiger partial charge on any atom is -0.397 e. The van der Waals surface area contributed by atoms with Gasteiger partial charge in [0.15, 0.2) is 0 Å². The highest BCUT2D eigenvalue weighted by Crippen LogP contribution is 2.20. The first-order chi connectivity index (χ1) is 6.77. The van der Waals surface area contributed by atoms with Gasteiger partial charge in [0.05, 0.1) is 11.9 Å². The zero-order valence-corrected chi connectivity index (χ0v) is 7.81. The van der Waals surface area contributed by atoms with Crippen LogP contribution in [0.1, 0.15) is 5.56 Å². The summed E-state index contributed by atoms with van der Waals surface area (Å²) in [5.41, 5.74) is 8.87. The molecule has 4 heteroatoms. The average molecular weight is 186 g/mol. The molecule has 0 bridgehead atoms. The number of nitrogens with zero attached hydrogens (tertiary/aromatic N) is 3. The van der Waals surface area contributed by atoms with Gasteiger partial charge in [0.25, 0.3) is 0 Å². The largest absolute Gasteiger partial charge is 0.397 e. The van der Waals surface area contributed by atoms with Gasteiger partial charge in [-0.05, 0) is 18.6 Å². The maximum Gasteiger partial charge on any atom is 0.113 e. The SMILES string of the molecule is Cc1cnc(-c2cnccn2)c(N)c1. The maximum absolute atomic E-state index is 5.82. The van der Waals surface area contributed by atoms with Gasteiger partial charge in [0.2, 0.25) is 0 Å². The molecule has 70 valence electrons. The predicted octanol–water partition coefficient (Wildman–Crippen LogP) is 1.43. The zero-order valence-electron chi connectivity index (χ0n) is 7.81. The fourth-order valence-corrected chi connectivity index (χ4v) is 1.23. The van der Waals surface area contributed by atoms with E-state index < -0.39 is 0 Å². The number of nitrogen functional groups attached to an aromatic ring is 1. The van der Waals surface area contributed by atoms with Gasteiger partial charge in [0, 0.05) is 18.6 Å². The van der Waals surface area contributed by atoms with Crippen molar-refractivity contribution in [2.75, 3.05) is 5.73 Å². The van der Waals surface area contributed by atoms with E-state index in [4.69, 9.17) is 5.73 Å². The van der Waals surface area contributed by atoms with Crippen LogP contribution in [0.2, 0.25) is 0 Å². The molecule has 2 aromatic rings. The minimum atomic E-state index is 0.630. The average Bonchev–Trinajstić information content (AvgIpc) is 2.19. The van der Waals surface area contributed by atoms with Crippen LogP contribution in [0.5, 0.6) is 0 Å². The standard InChI is InChI=1S/C10H10N4/c1-7-4-8(11)10(14-5-7)9-6-12-2-3-13-9/h2-6H,11H2,1H3. The number of aromatic nitrogens is 3. The van der Waals surface area contributed by atoms with Crippen LogP contribution in [0.3, 0.4) is 0 Å².